The number of nitrogens with one attached hydrogen (secondary N) is 2. The topological polar surface area (TPSA) is 61.4 Å². The molecule has 0 radical (unpaired) electrons. The molecule has 0 aliphatic heterocycles. The van der Waals surface area contributed by atoms with Crippen molar-refractivity contribution in [1.82, 2.24) is 5.32 Å². The number of carbonyl (C=O) groups excluding carboxylic acids is 1. The minimum absolute atomic E-state index is 0.00805. The molecule has 1 unspecified atom stereocenters. The maximum absolute atomic E-state index is 12.2. The average Bonchev–Trinajstić information content (AvgIpc) is 2.43. The third-order valence-corrected chi connectivity index (χ3v) is 4.41. The van der Waals surface area contributed by atoms with Crippen LogP contribution >= 0.6 is 0 Å². The van der Waals surface area contributed by atoms with Crippen LogP contribution in [0.1, 0.15) is 57.9 Å². The fourth-order valence-electron chi connectivity index (χ4n) is 2.79. The molecule has 1 amide bonds. The van der Waals surface area contributed by atoms with Gasteiger partial charge in [0, 0.05) is 24.7 Å². The Hall–Kier alpha value is -1.39. The maximum Gasteiger partial charge on any atom is 0.225 e. The Morgan fingerprint density at radius 2 is 1.95 bits per heavy atom. The molecule has 22 heavy (non-hydrogen) atoms. The highest BCUT2D eigenvalue weighted by atomic mass is 16.3. The van der Waals surface area contributed by atoms with Crippen LogP contribution < -0.4 is 10.6 Å². The fraction of sp³-hybridized carbons (Fsp3) is 0.611. The molecule has 1 aliphatic rings. The van der Waals surface area contributed by atoms with E-state index in [1.54, 1.807) is 0 Å². The first kappa shape index (κ1) is 17.0. The van der Waals surface area contributed by atoms with Crippen LogP contribution in [0.4, 0.5) is 5.69 Å². The summed E-state index contributed by atoms with van der Waals surface area (Å²) in [6.45, 7) is 6.79. The molecule has 1 aliphatic carbocycles. The van der Waals surface area contributed by atoms with Gasteiger partial charge >= 0.3 is 0 Å². The summed E-state index contributed by atoms with van der Waals surface area (Å²) >= 11 is 0. The first-order valence-electron chi connectivity index (χ1n) is 8.24. The Kier molecular flexibility index (Phi) is 5.59. The molecule has 4 nitrogen and oxygen atoms in total. The zero-order valence-corrected chi connectivity index (χ0v) is 13.9. The van der Waals surface area contributed by atoms with E-state index >= 15 is 0 Å². The Morgan fingerprint density at radius 3 is 2.55 bits per heavy atom. The fourth-order valence-corrected chi connectivity index (χ4v) is 2.79. The van der Waals surface area contributed by atoms with Crippen molar-refractivity contribution < 1.29 is 9.90 Å². The van der Waals surface area contributed by atoms with Crippen LogP contribution in [-0.2, 0) is 4.79 Å². The molecule has 0 spiro atoms. The van der Waals surface area contributed by atoms with Crippen LogP contribution in [0.15, 0.2) is 24.3 Å². The minimum atomic E-state index is -0.547. The van der Waals surface area contributed by atoms with E-state index in [-0.39, 0.29) is 11.9 Å². The lowest BCUT2D eigenvalue weighted by Gasteiger charge is -2.37. The van der Waals surface area contributed by atoms with Crippen molar-refractivity contribution >= 4 is 11.6 Å². The van der Waals surface area contributed by atoms with Gasteiger partial charge in [-0.3, -0.25) is 4.79 Å². The van der Waals surface area contributed by atoms with Gasteiger partial charge in [0.1, 0.15) is 0 Å². The molecular formula is C18H28N2O2. The lowest BCUT2D eigenvalue weighted by atomic mass is 9.80. The number of rotatable bonds is 7. The highest BCUT2D eigenvalue weighted by Crippen LogP contribution is 2.30. The second kappa shape index (κ2) is 7.25. The Balaban J connectivity index is 1.82. The quantitative estimate of drug-likeness (QED) is 0.725. The second-order valence-electron chi connectivity index (χ2n) is 6.85. The highest BCUT2D eigenvalue weighted by Gasteiger charge is 2.34. The van der Waals surface area contributed by atoms with E-state index in [4.69, 9.17) is 0 Å². The zero-order valence-electron chi connectivity index (χ0n) is 13.9. The first-order chi connectivity index (χ1) is 10.4. The van der Waals surface area contributed by atoms with Crippen molar-refractivity contribution in [2.24, 2.45) is 0 Å². The molecule has 1 fully saturated rings. The molecule has 0 bridgehead atoms. The zero-order chi connectivity index (χ0) is 16.2. The second-order valence-corrected chi connectivity index (χ2v) is 6.85. The predicted octanol–water partition coefficient (Wildman–Crippen LogP) is 3.03. The van der Waals surface area contributed by atoms with Crippen LogP contribution in [0.3, 0.4) is 0 Å². The highest BCUT2D eigenvalue weighted by molar-refractivity contribution is 5.91. The van der Waals surface area contributed by atoms with E-state index in [2.05, 4.69) is 24.5 Å². The van der Waals surface area contributed by atoms with Gasteiger partial charge in [0.05, 0.1) is 5.60 Å². The molecule has 1 atom stereocenters. The number of anilines is 1. The van der Waals surface area contributed by atoms with Crippen molar-refractivity contribution in [1.29, 1.82) is 0 Å². The van der Waals surface area contributed by atoms with Crippen LogP contribution in [0.5, 0.6) is 0 Å². The predicted molar refractivity (Wildman–Crippen MR) is 90.0 cm³/mol. The van der Waals surface area contributed by atoms with Gasteiger partial charge < -0.3 is 15.7 Å². The van der Waals surface area contributed by atoms with Gasteiger partial charge in [0.2, 0.25) is 5.91 Å². The van der Waals surface area contributed by atoms with E-state index in [1.807, 2.05) is 31.2 Å². The number of hydrogen-bond donors (Lipinski definition) is 3. The van der Waals surface area contributed by atoms with E-state index in [0.29, 0.717) is 18.9 Å². The van der Waals surface area contributed by atoms with E-state index < -0.39 is 5.60 Å². The maximum atomic E-state index is 12.2. The summed E-state index contributed by atoms with van der Waals surface area (Å²) in [7, 11) is 0. The van der Waals surface area contributed by atoms with Crippen molar-refractivity contribution in [2.45, 2.75) is 64.0 Å². The van der Waals surface area contributed by atoms with Gasteiger partial charge in [0.25, 0.3) is 0 Å². The van der Waals surface area contributed by atoms with Crippen LogP contribution in [0.25, 0.3) is 0 Å². The number of para-hydroxylation sites is 1. The molecule has 1 aromatic rings. The normalized spacial score (nSPS) is 17.9. The third-order valence-electron chi connectivity index (χ3n) is 4.41. The van der Waals surface area contributed by atoms with Gasteiger partial charge in [-0.15, -0.1) is 0 Å². The Labute approximate surface area is 133 Å². The minimum Gasteiger partial charge on any atom is -0.389 e. The van der Waals surface area contributed by atoms with Gasteiger partial charge in [-0.25, -0.2) is 0 Å². The van der Waals surface area contributed by atoms with Crippen molar-refractivity contribution in [2.75, 3.05) is 11.9 Å². The third kappa shape index (κ3) is 4.55. The van der Waals surface area contributed by atoms with E-state index in [0.717, 1.165) is 30.5 Å². The molecule has 1 saturated carbocycles. The molecule has 4 heteroatoms. The number of amides is 1. The summed E-state index contributed by atoms with van der Waals surface area (Å²) < 4.78 is 0. The molecule has 0 saturated heterocycles. The van der Waals surface area contributed by atoms with Crippen molar-refractivity contribution in [3.63, 3.8) is 0 Å². The van der Waals surface area contributed by atoms with Crippen LogP contribution in [0.2, 0.25) is 0 Å². The average molecular weight is 304 g/mol. The van der Waals surface area contributed by atoms with Crippen LogP contribution in [-0.4, -0.2) is 29.2 Å². The summed E-state index contributed by atoms with van der Waals surface area (Å²) in [6.07, 6.45) is 3.23. The molecular weight excluding hydrogens is 276 g/mol. The summed E-state index contributed by atoms with van der Waals surface area (Å²) in [5.74, 6) is 0.383. The summed E-state index contributed by atoms with van der Waals surface area (Å²) in [6, 6.07) is 7.98. The van der Waals surface area contributed by atoms with E-state index in [1.165, 1.54) is 0 Å². The summed E-state index contributed by atoms with van der Waals surface area (Å²) in [5, 5.41) is 16.3. The smallest absolute Gasteiger partial charge is 0.225 e. The molecule has 2 rings (SSSR count). The molecule has 122 valence electrons. The first-order valence-corrected chi connectivity index (χ1v) is 8.24. The number of carbonyl (C=O) groups is 1. The van der Waals surface area contributed by atoms with Gasteiger partial charge in [-0.1, -0.05) is 32.0 Å². The molecule has 0 heterocycles. The molecule has 3 N–H and O–H groups in total. The van der Waals surface area contributed by atoms with E-state index in [9.17, 15) is 9.90 Å². The number of hydrogen-bond acceptors (Lipinski definition) is 3. The molecule has 0 aromatic heterocycles. The number of aliphatic hydroxyl groups is 1. The Bertz CT molecular complexity index is 510. The summed E-state index contributed by atoms with van der Waals surface area (Å²) in [4.78, 5) is 12.2. The van der Waals surface area contributed by atoms with Gasteiger partial charge in [-0.2, -0.15) is 0 Å². The van der Waals surface area contributed by atoms with Crippen molar-refractivity contribution in [3.8, 4) is 0 Å². The summed E-state index contributed by atoms with van der Waals surface area (Å²) in [5.41, 5.74) is 1.50. The van der Waals surface area contributed by atoms with Crippen LogP contribution in [0, 0.1) is 0 Å². The van der Waals surface area contributed by atoms with Crippen molar-refractivity contribution in [3.05, 3.63) is 29.8 Å². The lowest BCUT2D eigenvalue weighted by molar-refractivity contribution is -0.116. The molecule has 1 aromatic carbocycles. The van der Waals surface area contributed by atoms with Gasteiger partial charge in [0.15, 0.2) is 0 Å². The largest absolute Gasteiger partial charge is 0.389 e. The SMILES string of the molecule is CC(CC(=O)Nc1ccccc1C(C)C)NCC1(O)CCC1. The Morgan fingerprint density at radius 1 is 1.27 bits per heavy atom. The lowest BCUT2D eigenvalue weighted by Crippen LogP contribution is -2.48. The standard InChI is InChI=1S/C18H28N2O2/c1-13(2)15-7-4-5-8-16(15)20-17(21)11-14(3)19-12-18(22)9-6-10-18/h4-5,7-8,13-14,19,22H,6,9-12H2,1-3H3,(H,20,21). The monoisotopic (exact) mass is 304 g/mol. The number of benzene rings is 1. The van der Waals surface area contributed by atoms with Gasteiger partial charge in [-0.05, 0) is 43.7 Å².